The van der Waals surface area contributed by atoms with Gasteiger partial charge in [0.1, 0.15) is 0 Å². The standard InChI is InChI=1S/C18H36N2.H2O/c1-3-4-5-6-7-8-9-10-11-12-13-14-15-20-17-16-19(2)18-20;/h16-17H,3-15,18H2,1-2H3;1H2. The molecule has 1 aliphatic heterocycles. The molecule has 0 fully saturated rings. The van der Waals surface area contributed by atoms with Gasteiger partial charge in [-0.05, 0) is 6.42 Å². The van der Waals surface area contributed by atoms with Crippen molar-refractivity contribution in [1.29, 1.82) is 0 Å². The van der Waals surface area contributed by atoms with E-state index >= 15 is 0 Å². The first-order valence-corrected chi connectivity index (χ1v) is 8.95. The zero-order valence-corrected chi connectivity index (χ0v) is 14.4. The van der Waals surface area contributed by atoms with Crippen LogP contribution in [-0.4, -0.2) is 35.5 Å². The summed E-state index contributed by atoms with van der Waals surface area (Å²) >= 11 is 0. The number of hydrogen-bond acceptors (Lipinski definition) is 2. The van der Waals surface area contributed by atoms with Crippen LogP contribution in [0.2, 0.25) is 0 Å². The molecule has 0 bridgehead atoms. The largest absolute Gasteiger partial charge is 0.412 e. The molecule has 0 unspecified atom stereocenters. The normalized spacial score (nSPS) is 13.8. The zero-order chi connectivity index (χ0) is 14.5. The topological polar surface area (TPSA) is 38.0 Å². The van der Waals surface area contributed by atoms with Gasteiger partial charge >= 0.3 is 0 Å². The molecule has 3 nitrogen and oxygen atoms in total. The monoisotopic (exact) mass is 298 g/mol. The van der Waals surface area contributed by atoms with Crippen LogP contribution in [0.3, 0.4) is 0 Å². The Balaban J connectivity index is 0.00000400. The number of unbranched alkanes of at least 4 members (excludes halogenated alkanes) is 11. The maximum absolute atomic E-state index is 2.41. The van der Waals surface area contributed by atoms with Crippen LogP contribution in [0.1, 0.15) is 84.0 Å². The molecule has 0 aliphatic carbocycles. The van der Waals surface area contributed by atoms with Gasteiger partial charge in [-0.25, -0.2) is 0 Å². The summed E-state index contributed by atoms with van der Waals surface area (Å²) in [6, 6.07) is 0. The van der Waals surface area contributed by atoms with Crippen molar-refractivity contribution in [2.75, 3.05) is 20.3 Å². The van der Waals surface area contributed by atoms with Gasteiger partial charge in [0.25, 0.3) is 0 Å². The third-order valence-electron chi connectivity index (χ3n) is 4.24. The van der Waals surface area contributed by atoms with Crippen LogP contribution in [0.15, 0.2) is 12.4 Å². The number of nitrogens with zero attached hydrogens (tertiary/aromatic N) is 2. The van der Waals surface area contributed by atoms with Gasteiger partial charge in [0.05, 0.1) is 6.67 Å². The lowest BCUT2D eigenvalue weighted by atomic mass is 10.1. The van der Waals surface area contributed by atoms with Crippen LogP contribution in [-0.2, 0) is 0 Å². The molecule has 0 aromatic rings. The third-order valence-corrected chi connectivity index (χ3v) is 4.24. The quantitative estimate of drug-likeness (QED) is 0.468. The summed E-state index contributed by atoms with van der Waals surface area (Å²) in [6.45, 7) is 4.61. The maximum atomic E-state index is 2.41. The molecule has 21 heavy (non-hydrogen) atoms. The Morgan fingerprint density at radius 3 is 1.62 bits per heavy atom. The number of hydrogen-bond donors (Lipinski definition) is 0. The fraction of sp³-hybridized carbons (Fsp3) is 0.889. The smallest absolute Gasteiger partial charge is 0.0890 e. The summed E-state index contributed by atoms with van der Waals surface area (Å²) in [5.41, 5.74) is 0. The third kappa shape index (κ3) is 11.6. The van der Waals surface area contributed by atoms with E-state index in [1.807, 2.05) is 0 Å². The summed E-state index contributed by atoms with van der Waals surface area (Å²) in [5.74, 6) is 0. The summed E-state index contributed by atoms with van der Waals surface area (Å²) in [7, 11) is 2.14. The fourth-order valence-corrected chi connectivity index (χ4v) is 2.89. The highest BCUT2D eigenvalue weighted by molar-refractivity contribution is 4.88. The van der Waals surface area contributed by atoms with Crippen molar-refractivity contribution in [2.45, 2.75) is 84.0 Å². The zero-order valence-electron chi connectivity index (χ0n) is 14.4. The van der Waals surface area contributed by atoms with Crippen molar-refractivity contribution in [3.63, 3.8) is 0 Å². The lowest BCUT2D eigenvalue weighted by Gasteiger charge is -2.17. The highest BCUT2D eigenvalue weighted by Crippen LogP contribution is 2.12. The summed E-state index contributed by atoms with van der Waals surface area (Å²) in [5, 5.41) is 0. The van der Waals surface area contributed by atoms with Gasteiger partial charge in [0.2, 0.25) is 0 Å². The molecular weight excluding hydrogens is 260 g/mol. The number of rotatable bonds is 13. The van der Waals surface area contributed by atoms with Crippen molar-refractivity contribution < 1.29 is 5.48 Å². The molecule has 0 saturated carbocycles. The predicted octanol–water partition coefficient (Wildman–Crippen LogP) is 4.54. The van der Waals surface area contributed by atoms with Crippen molar-refractivity contribution in [3.05, 3.63) is 12.4 Å². The van der Waals surface area contributed by atoms with E-state index in [2.05, 4.69) is 36.2 Å². The van der Waals surface area contributed by atoms with Gasteiger partial charge < -0.3 is 15.3 Å². The van der Waals surface area contributed by atoms with Crippen molar-refractivity contribution in [1.82, 2.24) is 9.80 Å². The first-order chi connectivity index (χ1) is 9.83. The minimum Gasteiger partial charge on any atom is -0.412 e. The van der Waals surface area contributed by atoms with Gasteiger partial charge in [0, 0.05) is 26.0 Å². The van der Waals surface area contributed by atoms with Crippen LogP contribution in [0.25, 0.3) is 0 Å². The predicted molar refractivity (Wildman–Crippen MR) is 93.2 cm³/mol. The van der Waals surface area contributed by atoms with E-state index < -0.39 is 0 Å². The van der Waals surface area contributed by atoms with Crippen molar-refractivity contribution >= 4 is 0 Å². The highest BCUT2D eigenvalue weighted by atomic mass is 16.0. The average molecular weight is 299 g/mol. The second-order valence-corrected chi connectivity index (χ2v) is 6.40. The van der Waals surface area contributed by atoms with E-state index in [9.17, 15) is 0 Å². The molecule has 126 valence electrons. The maximum Gasteiger partial charge on any atom is 0.0890 e. The van der Waals surface area contributed by atoms with E-state index in [0.29, 0.717) is 0 Å². The van der Waals surface area contributed by atoms with Crippen LogP contribution in [0.4, 0.5) is 0 Å². The molecule has 0 radical (unpaired) electrons. The van der Waals surface area contributed by atoms with Crippen LogP contribution >= 0.6 is 0 Å². The minimum absolute atomic E-state index is 0. The van der Waals surface area contributed by atoms with E-state index in [0.717, 1.165) is 6.67 Å². The average Bonchev–Trinajstić information content (AvgIpc) is 2.86. The summed E-state index contributed by atoms with van der Waals surface area (Å²) in [4.78, 5) is 4.65. The second kappa shape index (κ2) is 14.2. The Morgan fingerprint density at radius 2 is 1.19 bits per heavy atom. The van der Waals surface area contributed by atoms with Crippen molar-refractivity contribution in [3.8, 4) is 0 Å². The Morgan fingerprint density at radius 1 is 0.714 bits per heavy atom. The SMILES string of the molecule is CCCCCCCCCCCCCCN1C=CN(C)C1.O. The molecule has 0 spiro atoms. The lowest BCUT2D eigenvalue weighted by molar-refractivity contribution is 0.290. The van der Waals surface area contributed by atoms with Crippen LogP contribution in [0, 0.1) is 0 Å². The van der Waals surface area contributed by atoms with Gasteiger partial charge in [0.15, 0.2) is 0 Å². The Hall–Kier alpha value is -0.700. The molecule has 2 N–H and O–H groups in total. The van der Waals surface area contributed by atoms with Gasteiger partial charge in [-0.15, -0.1) is 0 Å². The molecule has 1 rings (SSSR count). The first-order valence-electron chi connectivity index (χ1n) is 8.95. The van der Waals surface area contributed by atoms with E-state index in [4.69, 9.17) is 0 Å². The molecular formula is C18H38N2O. The molecule has 1 heterocycles. The van der Waals surface area contributed by atoms with E-state index in [1.54, 1.807) is 0 Å². The molecule has 0 atom stereocenters. The molecule has 0 aromatic heterocycles. The van der Waals surface area contributed by atoms with Crippen molar-refractivity contribution in [2.24, 2.45) is 0 Å². The molecule has 1 aliphatic rings. The summed E-state index contributed by atoms with van der Waals surface area (Å²) < 4.78 is 0. The van der Waals surface area contributed by atoms with Gasteiger partial charge in [-0.2, -0.15) is 0 Å². The lowest BCUT2D eigenvalue weighted by Crippen LogP contribution is -2.23. The van der Waals surface area contributed by atoms with Crippen LogP contribution in [0.5, 0.6) is 0 Å². The molecule has 0 amide bonds. The van der Waals surface area contributed by atoms with E-state index in [-0.39, 0.29) is 5.48 Å². The Kier molecular flexibility index (Phi) is 13.8. The molecule has 0 aromatic carbocycles. The van der Waals surface area contributed by atoms with Gasteiger partial charge in [-0.3, -0.25) is 0 Å². The highest BCUT2D eigenvalue weighted by Gasteiger charge is 2.06. The Labute approximate surface area is 132 Å². The fourth-order valence-electron chi connectivity index (χ4n) is 2.89. The van der Waals surface area contributed by atoms with Crippen LogP contribution < -0.4 is 0 Å². The van der Waals surface area contributed by atoms with Gasteiger partial charge in [-0.1, -0.05) is 77.6 Å². The molecule has 0 saturated heterocycles. The summed E-state index contributed by atoms with van der Waals surface area (Å²) in [6.07, 6.45) is 21.6. The first kappa shape index (κ1) is 20.3. The molecule has 3 heteroatoms. The Bertz CT molecular complexity index is 243. The van der Waals surface area contributed by atoms with E-state index in [1.165, 1.54) is 83.6 Å². The minimum atomic E-state index is 0. The second-order valence-electron chi connectivity index (χ2n) is 6.40.